The first-order valence-corrected chi connectivity index (χ1v) is 17.6. The van der Waals surface area contributed by atoms with Gasteiger partial charge >= 0.3 is 0 Å². The van der Waals surface area contributed by atoms with Crippen LogP contribution in [0.15, 0.2) is 158 Å². The fourth-order valence-corrected chi connectivity index (χ4v) is 8.16. The van der Waals surface area contributed by atoms with Crippen molar-refractivity contribution in [2.24, 2.45) is 7.05 Å². The standard InChI is InChI=1S/C46H35N5O/c1-46(2)37-22-8-11-25-40(37)51(45-42(46)43-36(29-47-45)35-21-7-10-24-39(35)50(43)31-16-5-4-6-17-31)32-18-14-20-34(28-32)52-33-19-13-15-30(27-33)44-48-38-23-9-12-26-41(38)49(44)3/h4-29H,1-3H3. The van der Waals surface area contributed by atoms with Gasteiger partial charge in [0, 0.05) is 52.3 Å². The molecule has 0 atom stereocenters. The number of pyridine rings is 1. The van der Waals surface area contributed by atoms with Gasteiger partial charge in [0.05, 0.1) is 33.4 Å². The van der Waals surface area contributed by atoms with Crippen molar-refractivity contribution in [3.05, 3.63) is 169 Å². The molecule has 4 heterocycles. The number of para-hydroxylation sites is 5. The van der Waals surface area contributed by atoms with Crippen molar-refractivity contribution in [3.63, 3.8) is 0 Å². The van der Waals surface area contributed by atoms with E-state index in [1.807, 2.05) is 36.4 Å². The van der Waals surface area contributed by atoms with Crippen LogP contribution in [0.25, 0.3) is 49.9 Å². The highest BCUT2D eigenvalue weighted by Crippen LogP contribution is 2.54. The summed E-state index contributed by atoms with van der Waals surface area (Å²) in [6.07, 6.45) is 2.06. The lowest BCUT2D eigenvalue weighted by molar-refractivity contribution is 0.483. The van der Waals surface area contributed by atoms with Gasteiger partial charge in [0.1, 0.15) is 23.1 Å². The van der Waals surface area contributed by atoms with E-state index >= 15 is 0 Å². The van der Waals surface area contributed by atoms with Gasteiger partial charge in [-0.2, -0.15) is 0 Å². The summed E-state index contributed by atoms with van der Waals surface area (Å²) in [6.45, 7) is 4.65. The maximum absolute atomic E-state index is 6.60. The SMILES string of the molecule is Cn1c(-c2cccc(Oc3cccc(N4c5ccccc5C(C)(C)c5c4ncc4c6ccccc6n(-c6ccccc6)c54)c3)c2)nc2ccccc21. The molecule has 3 aromatic heterocycles. The van der Waals surface area contributed by atoms with Crippen LogP contribution in [0.2, 0.25) is 0 Å². The minimum Gasteiger partial charge on any atom is -0.457 e. The summed E-state index contributed by atoms with van der Waals surface area (Å²) in [5.41, 5.74) is 10.7. The zero-order chi connectivity index (χ0) is 35.0. The van der Waals surface area contributed by atoms with Crippen LogP contribution in [-0.4, -0.2) is 19.1 Å². The van der Waals surface area contributed by atoms with Gasteiger partial charge in [-0.25, -0.2) is 9.97 Å². The quantitative estimate of drug-likeness (QED) is 0.182. The van der Waals surface area contributed by atoms with Crippen molar-refractivity contribution in [2.45, 2.75) is 19.3 Å². The Hall–Kier alpha value is -6.66. The number of fused-ring (bicyclic) bond motifs is 7. The molecule has 250 valence electrons. The smallest absolute Gasteiger partial charge is 0.143 e. The fourth-order valence-electron chi connectivity index (χ4n) is 8.16. The van der Waals surface area contributed by atoms with Gasteiger partial charge in [-0.15, -0.1) is 0 Å². The molecule has 0 aliphatic carbocycles. The van der Waals surface area contributed by atoms with E-state index in [1.165, 1.54) is 22.0 Å². The Morgan fingerprint density at radius 1 is 0.615 bits per heavy atom. The number of nitrogens with zero attached hydrogens (tertiary/aromatic N) is 5. The molecular weight excluding hydrogens is 639 g/mol. The highest BCUT2D eigenvalue weighted by molar-refractivity contribution is 6.12. The van der Waals surface area contributed by atoms with Gasteiger partial charge in [0.25, 0.3) is 0 Å². The number of rotatable bonds is 5. The molecule has 0 amide bonds. The van der Waals surface area contributed by atoms with E-state index in [0.29, 0.717) is 0 Å². The van der Waals surface area contributed by atoms with Crippen molar-refractivity contribution in [1.82, 2.24) is 19.1 Å². The molecule has 0 saturated heterocycles. The number of aromatic nitrogens is 4. The van der Waals surface area contributed by atoms with Gasteiger partial charge in [-0.1, -0.05) is 98.8 Å². The maximum Gasteiger partial charge on any atom is 0.143 e. The molecule has 52 heavy (non-hydrogen) atoms. The van der Waals surface area contributed by atoms with Gasteiger partial charge < -0.3 is 13.9 Å². The van der Waals surface area contributed by atoms with Crippen LogP contribution < -0.4 is 9.64 Å². The third kappa shape index (κ3) is 4.50. The first-order valence-electron chi connectivity index (χ1n) is 17.6. The van der Waals surface area contributed by atoms with Crippen molar-refractivity contribution in [2.75, 3.05) is 4.90 Å². The second-order valence-electron chi connectivity index (χ2n) is 14.0. The number of hydrogen-bond donors (Lipinski definition) is 0. The van der Waals surface area contributed by atoms with Crippen molar-refractivity contribution >= 4 is 50.0 Å². The summed E-state index contributed by atoms with van der Waals surface area (Å²) in [6, 6.07) is 52.7. The van der Waals surface area contributed by atoms with E-state index < -0.39 is 0 Å². The van der Waals surface area contributed by atoms with E-state index in [0.717, 1.165) is 67.7 Å². The zero-order valence-corrected chi connectivity index (χ0v) is 29.2. The Labute approximate surface area is 301 Å². The van der Waals surface area contributed by atoms with E-state index in [1.54, 1.807) is 0 Å². The molecule has 6 nitrogen and oxygen atoms in total. The van der Waals surface area contributed by atoms with Gasteiger partial charge in [-0.05, 0) is 66.2 Å². The molecule has 6 aromatic carbocycles. The predicted molar refractivity (Wildman–Crippen MR) is 212 cm³/mol. The van der Waals surface area contributed by atoms with Crippen molar-refractivity contribution in [1.29, 1.82) is 0 Å². The Morgan fingerprint density at radius 2 is 1.31 bits per heavy atom. The number of benzene rings is 6. The normalized spacial score (nSPS) is 13.4. The summed E-state index contributed by atoms with van der Waals surface area (Å²) in [5.74, 6) is 3.30. The molecule has 0 saturated carbocycles. The second kappa shape index (κ2) is 11.4. The molecule has 0 unspecified atom stereocenters. The van der Waals surface area contributed by atoms with Crippen molar-refractivity contribution in [3.8, 4) is 28.6 Å². The van der Waals surface area contributed by atoms with E-state index in [2.05, 4.69) is 156 Å². The number of aryl methyl sites for hydroxylation is 1. The minimum atomic E-state index is -0.347. The van der Waals surface area contributed by atoms with Crippen LogP contribution in [-0.2, 0) is 12.5 Å². The van der Waals surface area contributed by atoms with Crippen LogP contribution in [0.5, 0.6) is 11.5 Å². The molecule has 9 aromatic rings. The molecule has 0 radical (unpaired) electrons. The van der Waals surface area contributed by atoms with Crippen molar-refractivity contribution < 1.29 is 4.74 Å². The lowest BCUT2D eigenvalue weighted by Crippen LogP contribution is -2.32. The molecule has 0 N–H and O–H groups in total. The molecule has 0 fully saturated rings. The average molecular weight is 674 g/mol. The van der Waals surface area contributed by atoms with E-state index in [4.69, 9.17) is 14.7 Å². The summed E-state index contributed by atoms with van der Waals surface area (Å²) < 4.78 is 11.1. The predicted octanol–water partition coefficient (Wildman–Crippen LogP) is 11.6. The van der Waals surface area contributed by atoms with Gasteiger partial charge in [-0.3, -0.25) is 4.90 Å². The summed E-state index contributed by atoms with van der Waals surface area (Å²) in [5, 5.41) is 2.33. The molecular formula is C46H35N5O. The summed E-state index contributed by atoms with van der Waals surface area (Å²) in [7, 11) is 2.05. The van der Waals surface area contributed by atoms with Crippen LogP contribution in [0, 0.1) is 0 Å². The Morgan fingerprint density at radius 3 is 2.15 bits per heavy atom. The first kappa shape index (κ1) is 30.2. The van der Waals surface area contributed by atoms with E-state index in [-0.39, 0.29) is 5.41 Å². The minimum absolute atomic E-state index is 0.347. The maximum atomic E-state index is 6.60. The van der Waals surface area contributed by atoms with Gasteiger partial charge in [0.15, 0.2) is 0 Å². The largest absolute Gasteiger partial charge is 0.457 e. The van der Waals surface area contributed by atoms with E-state index in [9.17, 15) is 0 Å². The molecule has 10 rings (SSSR count). The monoisotopic (exact) mass is 673 g/mol. The van der Waals surface area contributed by atoms with Crippen LogP contribution >= 0.6 is 0 Å². The molecule has 6 heteroatoms. The van der Waals surface area contributed by atoms with Gasteiger partial charge in [0.2, 0.25) is 0 Å². The Bertz CT molecular complexity index is 2830. The number of ether oxygens (including phenoxy) is 1. The lowest BCUT2D eigenvalue weighted by atomic mass is 9.74. The second-order valence-corrected chi connectivity index (χ2v) is 14.0. The van der Waals surface area contributed by atoms with Crippen LogP contribution in [0.4, 0.5) is 17.2 Å². The lowest BCUT2D eigenvalue weighted by Gasteiger charge is -2.41. The summed E-state index contributed by atoms with van der Waals surface area (Å²) >= 11 is 0. The zero-order valence-electron chi connectivity index (χ0n) is 29.2. The molecule has 0 bridgehead atoms. The average Bonchev–Trinajstić information content (AvgIpc) is 3.70. The fraction of sp³-hybridized carbons (Fsp3) is 0.0870. The molecule has 0 spiro atoms. The number of anilines is 3. The topological polar surface area (TPSA) is 48.1 Å². The van der Waals surface area contributed by atoms with Crippen LogP contribution in [0.1, 0.15) is 25.0 Å². The number of hydrogen-bond acceptors (Lipinski definition) is 4. The first-order chi connectivity index (χ1) is 25.5. The summed E-state index contributed by atoms with van der Waals surface area (Å²) in [4.78, 5) is 12.5. The molecule has 1 aliphatic rings. The highest BCUT2D eigenvalue weighted by atomic mass is 16.5. The Kier molecular flexibility index (Phi) is 6.64. The third-order valence-electron chi connectivity index (χ3n) is 10.6. The number of imidazole rings is 1. The molecule has 1 aliphatic heterocycles. The third-order valence-corrected chi connectivity index (χ3v) is 10.6. The Balaban J connectivity index is 1.13. The van der Waals surface area contributed by atoms with Crippen LogP contribution in [0.3, 0.4) is 0 Å². The highest BCUT2D eigenvalue weighted by Gasteiger charge is 2.40.